The van der Waals surface area contributed by atoms with Crippen molar-refractivity contribution in [1.29, 1.82) is 0 Å². The largest absolute Gasteiger partial charge is 0.341 e. The van der Waals surface area contributed by atoms with Crippen LogP contribution in [0.5, 0.6) is 0 Å². The first-order valence-electron chi connectivity index (χ1n) is 6.41. The van der Waals surface area contributed by atoms with Gasteiger partial charge in [0.15, 0.2) is 0 Å². The number of likely N-dealkylation sites (tertiary alicyclic amines) is 1. The van der Waals surface area contributed by atoms with E-state index in [9.17, 15) is 4.79 Å². The Hall–Kier alpha value is -0.570. The summed E-state index contributed by atoms with van der Waals surface area (Å²) >= 11 is 0. The van der Waals surface area contributed by atoms with Crippen molar-refractivity contribution in [3.63, 3.8) is 0 Å². The summed E-state index contributed by atoms with van der Waals surface area (Å²) in [6.07, 6.45) is 4.56. The Morgan fingerprint density at radius 2 is 2.06 bits per heavy atom. The van der Waals surface area contributed by atoms with Gasteiger partial charge < -0.3 is 10.6 Å². The van der Waals surface area contributed by atoms with E-state index >= 15 is 0 Å². The molecule has 16 heavy (non-hydrogen) atoms. The highest BCUT2D eigenvalue weighted by Gasteiger charge is 2.46. The van der Waals surface area contributed by atoms with Crippen LogP contribution in [0.2, 0.25) is 0 Å². The average Bonchev–Trinajstić information content (AvgIpc) is 2.98. The molecule has 2 N–H and O–H groups in total. The molecule has 2 rings (SSSR count). The summed E-state index contributed by atoms with van der Waals surface area (Å²) in [6.45, 7) is 8.14. The van der Waals surface area contributed by atoms with Gasteiger partial charge in [0.25, 0.3) is 0 Å². The van der Waals surface area contributed by atoms with Gasteiger partial charge in [-0.1, -0.05) is 13.8 Å². The monoisotopic (exact) mass is 224 g/mol. The van der Waals surface area contributed by atoms with Gasteiger partial charge in [-0.3, -0.25) is 4.79 Å². The molecule has 0 bridgehead atoms. The lowest BCUT2D eigenvalue weighted by Gasteiger charge is -2.41. The molecule has 1 heterocycles. The van der Waals surface area contributed by atoms with Crippen molar-refractivity contribution in [2.24, 2.45) is 17.1 Å². The number of nitrogens with two attached hydrogens (primary N) is 1. The smallest absolute Gasteiger partial charge is 0.242 e. The van der Waals surface area contributed by atoms with E-state index in [0.717, 1.165) is 32.4 Å². The predicted molar refractivity (Wildman–Crippen MR) is 64.9 cm³/mol. The molecule has 1 saturated carbocycles. The van der Waals surface area contributed by atoms with Crippen molar-refractivity contribution in [3.8, 4) is 0 Å². The number of amides is 1. The first-order chi connectivity index (χ1) is 7.33. The molecule has 3 nitrogen and oxygen atoms in total. The van der Waals surface area contributed by atoms with Gasteiger partial charge >= 0.3 is 0 Å². The van der Waals surface area contributed by atoms with E-state index in [1.807, 2.05) is 11.8 Å². The number of hydrogen-bond acceptors (Lipinski definition) is 2. The highest BCUT2D eigenvalue weighted by Crippen LogP contribution is 2.40. The highest BCUT2D eigenvalue weighted by atomic mass is 16.2. The van der Waals surface area contributed by atoms with Crippen LogP contribution in [0.25, 0.3) is 0 Å². The zero-order valence-electron chi connectivity index (χ0n) is 10.8. The van der Waals surface area contributed by atoms with Crippen molar-refractivity contribution in [2.75, 3.05) is 13.1 Å². The molecule has 0 aromatic rings. The van der Waals surface area contributed by atoms with E-state index in [0.29, 0.717) is 5.92 Å². The topological polar surface area (TPSA) is 46.3 Å². The Morgan fingerprint density at radius 1 is 1.44 bits per heavy atom. The predicted octanol–water partition coefficient (Wildman–Crippen LogP) is 1.76. The molecule has 1 unspecified atom stereocenters. The minimum atomic E-state index is -0.618. The maximum atomic E-state index is 12.4. The summed E-state index contributed by atoms with van der Waals surface area (Å²) in [5.41, 5.74) is 5.83. The van der Waals surface area contributed by atoms with Crippen molar-refractivity contribution in [1.82, 2.24) is 4.90 Å². The standard InChI is InChI=1S/C13H24N2O/c1-12(2)7-4-8-15(9-12)11(16)13(3,14)10-5-6-10/h10H,4-9,14H2,1-3H3. The van der Waals surface area contributed by atoms with Crippen LogP contribution in [0.3, 0.4) is 0 Å². The Bertz CT molecular complexity index is 292. The molecular formula is C13H24N2O. The minimum absolute atomic E-state index is 0.169. The summed E-state index contributed by atoms with van der Waals surface area (Å²) in [5.74, 6) is 0.591. The lowest BCUT2D eigenvalue weighted by atomic mass is 9.83. The van der Waals surface area contributed by atoms with Crippen LogP contribution in [0.15, 0.2) is 0 Å². The highest BCUT2D eigenvalue weighted by molar-refractivity contribution is 5.86. The lowest BCUT2D eigenvalue weighted by Crippen LogP contribution is -2.57. The van der Waals surface area contributed by atoms with E-state index in [-0.39, 0.29) is 11.3 Å². The molecule has 92 valence electrons. The molecule has 1 amide bonds. The van der Waals surface area contributed by atoms with E-state index in [2.05, 4.69) is 13.8 Å². The normalized spacial score (nSPS) is 28.6. The van der Waals surface area contributed by atoms with Crippen molar-refractivity contribution in [2.45, 2.75) is 52.0 Å². The third kappa shape index (κ3) is 2.24. The van der Waals surface area contributed by atoms with Crippen molar-refractivity contribution >= 4 is 5.91 Å². The van der Waals surface area contributed by atoms with Crippen LogP contribution >= 0.6 is 0 Å². The molecule has 2 aliphatic rings. The van der Waals surface area contributed by atoms with Crippen LogP contribution in [-0.4, -0.2) is 29.4 Å². The second kappa shape index (κ2) is 3.73. The molecular weight excluding hydrogens is 200 g/mol. The van der Waals surface area contributed by atoms with Gasteiger partial charge in [-0.05, 0) is 43.9 Å². The molecule has 0 aromatic heterocycles. The minimum Gasteiger partial charge on any atom is -0.341 e. The Kier molecular flexibility index (Phi) is 2.77. The third-order valence-electron chi connectivity index (χ3n) is 4.07. The quantitative estimate of drug-likeness (QED) is 0.777. The maximum Gasteiger partial charge on any atom is 0.242 e. The third-order valence-corrected chi connectivity index (χ3v) is 4.07. The molecule has 0 radical (unpaired) electrons. The van der Waals surface area contributed by atoms with Crippen molar-refractivity contribution in [3.05, 3.63) is 0 Å². The molecule has 1 aliphatic heterocycles. The van der Waals surface area contributed by atoms with Crippen molar-refractivity contribution < 1.29 is 4.79 Å². The van der Waals surface area contributed by atoms with Gasteiger partial charge in [0.2, 0.25) is 5.91 Å². The molecule has 1 atom stereocenters. The van der Waals surface area contributed by atoms with Crippen LogP contribution in [0.1, 0.15) is 46.5 Å². The number of nitrogens with zero attached hydrogens (tertiary/aromatic N) is 1. The Balaban J connectivity index is 2.04. The van der Waals surface area contributed by atoms with Crippen LogP contribution in [0.4, 0.5) is 0 Å². The second-order valence-corrected chi connectivity index (χ2v) is 6.55. The average molecular weight is 224 g/mol. The van der Waals surface area contributed by atoms with Gasteiger partial charge in [0.05, 0.1) is 5.54 Å². The molecule has 3 heteroatoms. The van der Waals surface area contributed by atoms with Gasteiger partial charge in [0.1, 0.15) is 0 Å². The molecule has 1 aliphatic carbocycles. The summed E-state index contributed by atoms with van der Waals surface area (Å²) < 4.78 is 0. The fourth-order valence-electron chi connectivity index (χ4n) is 2.79. The Labute approximate surface area is 98.4 Å². The number of rotatable bonds is 2. The second-order valence-electron chi connectivity index (χ2n) is 6.55. The van der Waals surface area contributed by atoms with Gasteiger partial charge in [-0.2, -0.15) is 0 Å². The number of hydrogen-bond donors (Lipinski definition) is 1. The van der Waals surface area contributed by atoms with Gasteiger partial charge in [0, 0.05) is 13.1 Å². The lowest BCUT2D eigenvalue weighted by molar-refractivity contribution is -0.140. The van der Waals surface area contributed by atoms with E-state index < -0.39 is 5.54 Å². The van der Waals surface area contributed by atoms with Crippen LogP contribution < -0.4 is 5.73 Å². The summed E-state index contributed by atoms with van der Waals surface area (Å²) in [6, 6.07) is 0. The number of piperidine rings is 1. The Morgan fingerprint density at radius 3 is 2.56 bits per heavy atom. The van der Waals surface area contributed by atoms with Crippen LogP contribution in [0, 0.1) is 11.3 Å². The molecule has 2 fully saturated rings. The summed E-state index contributed by atoms with van der Waals surface area (Å²) in [5, 5.41) is 0. The zero-order chi connectivity index (χ0) is 12.0. The fraction of sp³-hybridized carbons (Fsp3) is 0.923. The zero-order valence-corrected chi connectivity index (χ0v) is 10.8. The van der Waals surface area contributed by atoms with Crippen LogP contribution in [-0.2, 0) is 4.79 Å². The van der Waals surface area contributed by atoms with E-state index in [4.69, 9.17) is 5.73 Å². The fourth-order valence-corrected chi connectivity index (χ4v) is 2.79. The summed E-state index contributed by atoms with van der Waals surface area (Å²) in [4.78, 5) is 14.4. The summed E-state index contributed by atoms with van der Waals surface area (Å²) in [7, 11) is 0. The van der Waals surface area contributed by atoms with E-state index in [1.54, 1.807) is 0 Å². The van der Waals surface area contributed by atoms with Gasteiger partial charge in [-0.15, -0.1) is 0 Å². The molecule has 0 aromatic carbocycles. The molecule has 1 saturated heterocycles. The first-order valence-corrected chi connectivity index (χ1v) is 6.41. The first kappa shape index (κ1) is 11.9. The maximum absolute atomic E-state index is 12.4. The van der Waals surface area contributed by atoms with E-state index in [1.165, 1.54) is 6.42 Å². The molecule has 0 spiro atoms. The number of carbonyl (C=O) groups is 1. The van der Waals surface area contributed by atoms with Gasteiger partial charge in [-0.25, -0.2) is 0 Å². The number of carbonyl (C=O) groups excluding carboxylic acids is 1. The SMILES string of the molecule is CC1(C)CCCN(C(=O)C(C)(N)C2CC2)C1.